The van der Waals surface area contributed by atoms with E-state index >= 15 is 0 Å². The van der Waals surface area contributed by atoms with Crippen molar-refractivity contribution >= 4 is 16.7 Å². The van der Waals surface area contributed by atoms with Gasteiger partial charge in [0, 0.05) is 24.4 Å². The Bertz CT molecular complexity index is 623. The highest BCUT2D eigenvalue weighted by Gasteiger charge is 2.22. The third-order valence-corrected chi connectivity index (χ3v) is 3.99. The fourth-order valence-corrected chi connectivity index (χ4v) is 2.88. The summed E-state index contributed by atoms with van der Waals surface area (Å²) in [5.74, 6) is 0.533. The van der Waals surface area contributed by atoms with E-state index in [4.69, 9.17) is 16.1 Å². The van der Waals surface area contributed by atoms with Gasteiger partial charge in [-0.05, 0) is 31.5 Å². The van der Waals surface area contributed by atoms with E-state index in [9.17, 15) is 0 Å². The number of fused-ring (bicyclic) bond motifs is 1. The molecule has 104 valence electrons. The Balaban J connectivity index is 1.74. The minimum absolute atomic E-state index is 0.212. The second-order valence-corrected chi connectivity index (χ2v) is 5.52. The monoisotopic (exact) mass is 268 g/mol. The van der Waals surface area contributed by atoms with Gasteiger partial charge >= 0.3 is 0 Å². The summed E-state index contributed by atoms with van der Waals surface area (Å²) in [6, 6.07) is 12.4. The van der Waals surface area contributed by atoms with Gasteiger partial charge in [-0.2, -0.15) is 0 Å². The molecule has 1 aromatic heterocycles. The van der Waals surface area contributed by atoms with Crippen molar-refractivity contribution in [1.82, 2.24) is 9.88 Å². The molecule has 3 rings (SSSR count). The van der Waals surface area contributed by atoms with Crippen molar-refractivity contribution in [2.45, 2.75) is 19.4 Å². The molecule has 1 saturated heterocycles. The molecule has 1 aliphatic heterocycles. The Hall–Kier alpha value is -1.94. The molecule has 4 heteroatoms. The van der Waals surface area contributed by atoms with Gasteiger partial charge in [-0.1, -0.05) is 24.3 Å². The summed E-state index contributed by atoms with van der Waals surface area (Å²) in [6.45, 7) is 2.79. The number of para-hydroxylation sites is 1. The summed E-state index contributed by atoms with van der Waals surface area (Å²) in [4.78, 5) is 7.07. The maximum atomic E-state index is 7.60. The number of nitrogens with one attached hydrogen (secondary N) is 1. The van der Waals surface area contributed by atoms with Crippen LogP contribution in [0, 0.1) is 11.3 Å². The molecular weight excluding hydrogens is 248 g/mol. The molecule has 1 atom stereocenters. The van der Waals surface area contributed by atoms with Crippen LogP contribution >= 0.6 is 0 Å². The molecule has 0 saturated carbocycles. The first-order valence-corrected chi connectivity index (χ1v) is 7.13. The third kappa shape index (κ3) is 2.80. The molecule has 4 nitrogen and oxygen atoms in total. The lowest BCUT2D eigenvalue weighted by Gasteiger charge is -2.31. The summed E-state index contributed by atoms with van der Waals surface area (Å²) in [6.07, 6.45) is 2.15. The molecular formula is C16H20N4. The highest BCUT2D eigenvalue weighted by Crippen LogP contribution is 2.19. The number of aromatic nitrogens is 1. The Kier molecular flexibility index (Phi) is 3.65. The van der Waals surface area contributed by atoms with Crippen LogP contribution in [0.2, 0.25) is 0 Å². The number of piperidine rings is 1. The number of amidine groups is 1. The van der Waals surface area contributed by atoms with Crippen LogP contribution in [0.5, 0.6) is 0 Å². The standard InChI is InChI=1S/C16H20N4/c17-16(18)13-5-3-9-20(10-13)11-14-8-7-12-4-1-2-6-15(12)19-14/h1-2,4,6-8,13H,3,5,9-11H2,(H3,17,18). The van der Waals surface area contributed by atoms with E-state index in [2.05, 4.69) is 23.1 Å². The zero-order valence-electron chi connectivity index (χ0n) is 11.5. The fourth-order valence-electron chi connectivity index (χ4n) is 2.88. The van der Waals surface area contributed by atoms with Crippen molar-refractivity contribution in [1.29, 1.82) is 5.41 Å². The van der Waals surface area contributed by atoms with Crippen LogP contribution < -0.4 is 5.73 Å². The van der Waals surface area contributed by atoms with E-state index in [0.29, 0.717) is 5.84 Å². The van der Waals surface area contributed by atoms with E-state index in [1.165, 1.54) is 5.39 Å². The predicted molar refractivity (Wildman–Crippen MR) is 81.7 cm³/mol. The first-order valence-electron chi connectivity index (χ1n) is 7.13. The maximum absolute atomic E-state index is 7.60. The quantitative estimate of drug-likeness (QED) is 0.663. The van der Waals surface area contributed by atoms with Gasteiger partial charge in [-0.15, -0.1) is 0 Å². The maximum Gasteiger partial charge on any atom is 0.0949 e. The van der Waals surface area contributed by atoms with Crippen LogP contribution in [0.4, 0.5) is 0 Å². The van der Waals surface area contributed by atoms with E-state index in [0.717, 1.165) is 43.7 Å². The molecule has 2 aromatic rings. The molecule has 3 N–H and O–H groups in total. The molecule has 0 bridgehead atoms. The topological polar surface area (TPSA) is 66.0 Å². The van der Waals surface area contributed by atoms with Crippen molar-refractivity contribution in [2.75, 3.05) is 13.1 Å². The lowest BCUT2D eigenvalue weighted by atomic mass is 9.97. The van der Waals surface area contributed by atoms with Crippen molar-refractivity contribution in [3.63, 3.8) is 0 Å². The van der Waals surface area contributed by atoms with Crippen molar-refractivity contribution in [3.8, 4) is 0 Å². The Morgan fingerprint density at radius 3 is 3.00 bits per heavy atom. The smallest absolute Gasteiger partial charge is 0.0949 e. The van der Waals surface area contributed by atoms with Crippen molar-refractivity contribution in [3.05, 3.63) is 42.1 Å². The van der Waals surface area contributed by atoms with Gasteiger partial charge in [-0.3, -0.25) is 15.3 Å². The second kappa shape index (κ2) is 5.59. The first kappa shape index (κ1) is 13.1. The normalized spacial score (nSPS) is 20.1. The molecule has 0 amide bonds. The van der Waals surface area contributed by atoms with Gasteiger partial charge in [0.1, 0.15) is 0 Å². The van der Waals surface area contributed by atoms with Gasteiger partial charge in [0.2, 0.25) is 0 Å². The summed E-state index contributed by atoms with van der Waals surface area (Å²) < 4.78 is 0. The van der Waals surface area contributed by atoms with Gasteiger partial charge in [0.15, 0.2) is 0 Å². The summed E-state index contributed by atoms with van der Waals surface area (Å²) in [5.41, 5.74) is 7.78. The number of rotatable bonds is 3. The second-order valence-electron chi connectivity index (χ2n) is 5.52. The molecule has 20 heavy (non-hydrogen) atoms. The highest BCUT2D eigenvalue weighted by molar-refractivity contribution is 5.80. The SMILES string of the molecule is N=C(N)C1CCCN(Cc2ccc3ccccc3n2)C1. The average Bonchev–Trinajstić information content (AvgIpc) is 2.47. The molecule has 1 aliphatic rings. The third-order valence-electron chi connectivity index (χ3n) is 3.99. The van der Waals surface area contributed by atoms with Gasteiger partial charge in [-0.25, -0.2) is 0 Å². The number of benzene rings is 1. The van der Waals surface area contributed by atoms with E-state index < -0.39 is 0 Å². The van der Waals surface area contributed by atoms with Crippen LogP contribution in [-0.4, -0.2) is 28.8 Å². The summed E-state index contributed by atoms with van der Waals surface area (Å²) in [7, 11) is 0. The Morgan fingerprint density at radius 2 is 2.15 bits per heavy atom. The lowest BCUT2D eigenvalue weighted by molar-refractivity contribution is 0.194. The number of hydrogen-bond donors (Lipinski definition) is 2. The largest absolute Gasteiger partial charge is 0.387 e. The zero-order valence-corrected chi connectivity index (χ0v) is 11.5. The molecule has 0 spiro atoms. The van der Waals surface area contributed by atoms with E-state index in [1.54, 1.807) is 0 Å². The average molecular weight is 268 g/mol. The van der Waals surface area contributed by atoms with Crippen molar-refractivity contribution in [2.24, 2.45) is 11.7 Å². The minimum Gasteiger partial charge on any atom is -0.387 e. The summed E-state index contributed by atoms with van der Waals surface area (Å²) in [5, 5.41) is 8.78. The Labute approximate surface area is 119 Å². The Morgan fingerprint density at radius 1 is 1.30 bits per heavy atom. The molecule has 0 aliphatic carbocycles. The van der Waals surface area contributed by atoms with E-state index in [1.807, 2.05) is 18.2 Å². The van der Waals surface area contributed by atoms with Gasteiger partial charge < -0.3 is 5.73 Å². The van der Waals surface area contributed by atoms with Crippen LogP contribution in [0.15, 0.2) is 36.4 Å². The number of likely N-dealkylation sites (tertiary alicyclic amines) is 1. The molecule has 2 heterocycles. The predicted octanol–water partition coefficient (Wildman–Crippen LogP) is 2.38. The minimum atomic E-state index is 0.212. The van der Waals surface area contributed by atoms with Gasteiger partial charge in [0.05, 0.1) is 17.0 Å². The number of nitrogens with zero attached hydrogens (tertiary/aromatic N) is 2. The highest BCUT2D eigenvalue weighted by atomic mass is 15.1. The van der Waals surface area contributed by atoms with E-state index in [-0.39, 0.29) is 5.92 Å². The summed E-state index contributed by atoms with van der Waals surface area (Å²) >= 11 is 0. The molecule has 1 fully saturated rings. The van der Waals surface area contributed by atoms with Crippen LogP contribution in [0.1, 0.15) is 18.5 Å². The van der Waals surface area contributed by atoms with Crippen molar-refractivity contribution < 1.29 is 0 Å². The number of nitrogens with two attached hydrogens (primary N) is 1. The van der Waals surface area contributed by atoms with Crippen LogP contribution in [0.3, 0.4) is 0 Å². The van der Waals surface area contributed by atoms with Crippen LogP contribution in [-0.2, 0) is 6.54 Å². The fraction of sp³-hybridized carbons (Fsp3) is 0.375. The number of hydrogen-bond acceptors (Lipinski definition) is 3. The van der Waals surface area contributed by atoms with Gasteiger partial charge in [0.25, 0.3) is 0 Å². The molecule has 1 aromatic carbocycles. The zero-order chi connectivity index (χ0) is 13.9. The van der Waals surface area contributed by atoms with Crippen LogP contribution in [0.25, 0.3) is 10.9 Å². The molecule has 0 radical (unpaired) electrons. The number of pyridine rings is 1. The first-order chi connectivity index (χ1) is 9.72. The lowest BCUT2D eigenvalue weighted by Crippen LogP contribution is -2.40. The molecule has 1 unspecified atom stereocenters.